The zero-order chi connectivity index (χ0) is 18.1. The molecule has 6 heteroatoms. The molecular formula is C20H21BrN2O3. The number of imide groups is 2. The number of urea groups is 1. The first kappa shape index (κ1) is 16.5. The molecule has 0 aromatic heterocycles. The van der Waals surface area contributed by atoms with Crippen molar-refractivity contribution in [3.63, 3.8) is 0 Å². The van der Waals surface area contributed by atoms with E-state index in [1.165, 1.54) is 24.2 Å². The van der Waals surface area contributed by atoms with Crippen LogP contribution in [-0.2, 0) is 16.1 Å². The molecule has 5 fully saturated rings. The molecule has 26 heavy (non-hydrogen) atoms. The van der Waals surface area contributed by atoms with Gasteiger partial charge in [0, 0.05) is 4.47 Å². The SMILES string of the molecule is O=C1C(=O)N(C23CC4CC(CC(C4)C2)C3)C(=O)N1Cc1cccc(Br)c1. The molecule has 0 spiro atoms. The molecule has 1 aromatic carbocycles. The highest BCUT2D eigenvalue weighted by molar-refractivity contribution is 9.10. The molecule has 1 aromatic rings. The van der Waals surface area contributed by atoms with Gasteiger partial charge < -0.3 is 0 Å². The Balaban J connectivity index is 1.45. The number of halogens is 1. The first-order chi connectivity index (χ1) is 12.4. The number of hydrogen-bond acceptors (Lipinski definition) is 3. The molecule has 136 valence electrons. The lowest BCUT2D eigenvalue weighted by molar-refractivity contribution is -0.150. The van der Waals surface area contributed by atoms with E-state index in [1.807, 2.05) is 24.3 Å². The van der Waals surface area contributed by atoms with Crippen molar-refractivity contribution in [3.05, 3.63) is 34.3 Å². The lowest BCUT2D eigenvalue weighted by atomic mass is 9.52. The molecule has 1 heterocycles. The van der Waals surface area contributed by atoms with Crippen LogP contribution in [0.2, 0.25) is 0 Å². The van der Waals surface area contributed by atoms with Gasteiger partial charge in [0.15, 0.2) is 0 Å². The van der Waals surface area contributed by atoms with E-state index in [2.05, 4.69) is 15.9 Å². The Bertz CT molecular complexity index is 786. The molecule has 4 aliphatic carbocycles. The molecule has 4 amide bonds. The van der Waals surface area contributed by atoms with Crippen LogP contribution in [0.5, 0.6) is 0 Å². The zero-order valence-corrected chi connectivity index (χ0v) is 16.1. The van der Waals surface area contributed by atoms with Crippen molar-refractivity contribution in [1.29, 1.82) is 0 Å². The van der Waals surface area contributed by atoms with Crippen molar-refractivity contribution in [2.45, 2.75) is 50.6 Å². The first-order valence-corrected chi connectivity index (χ1v) is 10.2. The van der Waals surface area contributed by atoms with Crippen molar-refractivity contribution in [3.8, 4) is 0 Å². The van der Waals surface area contributed by atoms with Crippen LogP contribution in [0.3, 0.4) is 0 Å². The average molecular weight is 417 g/mol. The quantitative estimate of drug-likeness (QED) is 0.557. The highest BCUT2D eigenvalue weighted by atomic mass is 79.9. The summed E-state index contributed by atoms with van der Waals surface area (Å²) in [7, 11) is 0. The number of benzene rings is 1. The highest BCUT2D eigenvalue weighted by Crippen LogP contribution is 2.58. The molecule has 5 aliphatic rings. The van der Waals surface area contributed by atoms with Gasteiger partial charge in [0.05, 0.1) is 12.1 Å². The topological polar surface area (TPSA) is 57.7 Å². The van der Waals surface area contributed by atoms with E-state index in [1.54, 1.807) is 0 Å². The molecule has 1 saturated heterocycles. The van der Waals surface area contributed by atoms with Crippen LogP contribution in [0.1, 0.15) is 44.1 Å². The summed E-state index contributed by atoms with van der Waals surface area (Å²) >= 11 is 3.41. The number of carbonyl (C=O) groups excluding carboxylic acids is 3. The molecule has 0 N–H and O–H groups in total. The average Bonchev–Trinajstić information content (AvgIpc) is 2.78. The van der Waals surface area contributed by atoms with Gasteiger partial charge in [-0.25, -0.2) is 9.69 Å². The van der Waals surface area contributed by atoms with Crippen LogP contribution in [0.25, 0.3) is 0 Å². The molecular weight excluding hydrogens is 396 g/mol. The van der Waals surface area contributed by atoms with Crippen molar-refractivity contribution >= 4 is 33.8 Å². The maximum absolute atomic E-state index is 13.1. The number of hydrogen-bond donors (Lipinski definition) is 0. The number of rotatable bonds is 3. The predicted octanol–water partition coefficient (Wildman–Crippen LogP) is 3.71. The van der Waals surface area contributed by atoms with Gasteiger partial charge in [-0.15, -0.1) is 0 Å². The predicted molar refractivity (Wildman–Crippen MR) is 97.8 cm³/mol. The van der Waals surface area contributed by atoms with Crippen LogP contribution >= 0.6 is 15.9 Å². The third kappa shape index (κ3) is 2.38. The molecule has 0 unspecified atom stereocenters. The van der Waals surface area contributed by atoms with E-state index in [4.69, 9.17) is 0 Å². The molecule has 5 nitrogen and oxygen atoms in total. The van der Waals surface area contributed by atoms with E-state index in [9.17, 15) is 14.4 Å². The van der Waals surface area contributed by atoms with E-state index in [-0.39, 0.29) is 6.54 Å². The summed E-state index contributed by atoms with van der Waals surface area (Å²) in [6.45, 7) is 0.145. The highest BCUT2D eigenvalue weighted by Gasteiger charge is 2.60. The molecule has 4 bridgehead atoms. The number of nitrogens with zero attached hydrogens (tertiary/aromatic N) is 2. The van der Waals surface area contributed by atoms with Gasteiger partial charge >= 0.3 is 17.8 Å². The van der Waals surface area contributed by atoms with Crippen LogP contribution in [0, 0.1) is 17.8 Å². The second-order valence-electron chi connectivity index (χ2n) is 8.59. The Morgan fingerprint density at radius 3 is 2.15 bits per heavy atom. The standard InChI is InChI=1S/C20H21BrN2O3/c21-16-3-1-2-12(7-16)11-22-17(24)18(25)23(19(22)26)20-8-13-4-14(9-20)6-15(5-13)10-20/h1-3,7,13-15H,4-6,8-11H2. The summed E-state index contributed by atoms with van der Waals surface area (Å²) < 4.78 is 0.887. The summed E-state index contributed by atoms with van der Waals surface area (Å²) in [6, 6.07) is 7.08. The van der Waals surface area contributed by atoms with Gasteiger partial charge in [-0.2, -0.15) is 0 Å². The monoisotopic (exact) mass is 416 g/mol. The van der Waals surface area contributed by atoms with Gasteiger partial charge in [-0.3, -0.25) is 14.5 Å². The van der Waals surface area contributed by atoms with Crippen molar-refractivity contribution in [2.24, 2.45) is 17.8 Å². The lowest BCUT2D eigenvalue weighted by Crippen LogP contribution is -2.61. The summed E-state index contributed by atoms with van der Waals surface area (Å²) in [6.07, 6.45) is 6.33. The number of carbonyl (C=O) groups is 3. The molecule has 0 atom stereocenters. The minimum absolute atomic E-state index is 0.145. The van der Waals surface area contributed by atoms with Crippen LogP contribution in [-0.4, -0.2) is 33.2 Å². The number of amides is 4. The first-order valence-electron chi connectivity index (χ1n) is 9.40. The second-order valence-corrected chi connectivity index (χ2v) is 9.50. The summed E-state index contributed by atoms with van der Waals surface area (Å²) in [5.41, 5.74) is 0.422. The minimum Gasteiger partial charge on any atom is -0.263 e. The maximum Gasteiger partial charge on any atom is 0.335 e. The van der Waals surface area contributed by atoms with Crippen LogP contribution in [0.4, 0.5) is 4.79 Å². The normalized spacial score (nSPS) is 35.7. The third-order valence-corrected chi connectivity index (χ3v) is 7.26. The third-order valence-electron chi connectivity index (χ3n) is 6.76. The molecule has 0 radical (unpaired) electrons. The fourth-order valence-electron chi connectivity index (χ4n) is 6.22. The van der Waals surface area contributed by atoms with Crippen molar-refractivity contribution < 1.29 is 14.4 Å². The van der Waals surface area contributed by atoms with E-state index >= 15 is 0 Å². The van der Waals surface area contributed by atoms with Gasteiger partial charge in [-0.05, 0) is 74.0 Å². The molecule has 4 saturated carbocycles. The van der Waals surface area contributed by atoms with Gasteiger partial charge in [0.2, 0.25) is 0 Å². The molecule has 6 rings (SSSR count). The van der Waals surface area contributed by atoms with E-state index < -0.39 is 23.4 Å². The second kappa shape index (κ2) is 5.65. The Morgan fingerprint density at radius 2 is 1.58 bits per heavy atom. The summed E-state index contributed by atoms with van der Waals surface area (Å²) in [4.78, 5) is 41.0. The Labute approximate surface area is 160 Å². The largest absolute Gasteiger partial charge is 0.335 e. The van der Waals surface area contributed by atoms with Gasteiger partial charge in [-0.1, -0.05) is 28.1 Å². The van der Waals surface area contributed by atoms with E-state index in [0.717, 1.165) is 34.2 Å². The Morgan fingerprint density at radius 1 is 0.962 bits per heavy atom. The van der Waals surface area contributed by atoms with E-state index in [0.29, 0.717) is 17.8 Å². The Kier molecular flexibility index (Phi) is 3.58. The summed E-state index contributed by atoms with van der Waals surface area (Å²) in [5.74, 6) is 0.529. The summed E-state index contributed by atoms with van der Waals surface area (Å²) in [5, 5.41) is 0. The fraction of sp³-hybridized carbons (Fsp3) is 0.550. The van der Waals surface area contributed by atoms with Crippen LogP contribution in [0.15, 0.2) is 28.7 Å². The van der Waals surface area contributed by atoms with Crippen molar-refractivity contribution in [2.75, 3.05) is 0 Å². The molecule has 1 aliphatic heterocycles. The van der Waals surface area contributed by atoms with Crippen molar-refractivity contribution in [1.82, 2.24) is 9.80 Å². The maximum atomic E-state index is 13.1. The lowest BCUT2D eigenvalue weighted by Gasteiger charge is -2.58. The van der Waals surface area contributed by atoms with Gasteiger partial charge in [0.25, 0.3) is 0 Å². The fourth-order valence-corrected chi connectivity index (χ4v) is 6.67. The minimum atomic E-state index is -0.675. The smallest absolute Gasteiger partial charge is 0.263 e. The van der Waals surface area contributed by atoms with Crippen LogP contribution < -0.4 is 0 Å². The zero-order valence-electron chi connectivity index (χ0n) is 14.5. The Hall–Kier alpha value is -1.69. The van der Waals surface area contributed by atoms with Gasteiger partial charge in [0.1, 0.15) is 0 Å².